The Kier molecular flexibility index (Phi) is 4.00. The Balaban J connectivity index is 1.88. The van der Waals surface area contributed by atoms with Crippen LogP contribution in [-0.4, -0.2) is 13.1 Å². The third kappa shape index (κ3) is 3.11. The highest BCUT2D eigenvalue weighted by molar-refractivity contribution is 5.14. The summed E-state index contributed by atoms with van der Waals surface area (Å²) in [6, 6.07) is 10.8. The molecule has 1 aliphatic rings. The van der Waals surface area contributed by atoms with E-state index in [-0.39, 0.29) is 0 Å². The van der Waals surface area contributed by atoms with Crippen LogP contribution in [0.3, 0.4) is 0 Å². The SMILES string of the molecule is CNC1C=C(OCc2ccccc2)CCC1. The fourth-order valence-corrected chi connectivity index (χ4v) is 1.99. The fourth-order valence-electron chi connectivity index (χ4n) is 1.99. The van der Waals surface area contributed by atoms with Crippen LogP contribution in [0, 0.1) is 0 Å². The highest BCUT2D eigenvalue weighted by Gasteiger charge is 2.12. The molecule has 0 heterocycles. The molecule has 2 rings (SSSR count). The zero-order chi connectivity index (χ0) is 11.2. The van der Waals surface area contributed by atoms with Crippen molar-refractivity contribution in [3.05, 3.63) is 47.7 Å². The van der Waals surface area contributed by atoms with E-state index >= 15 is 0 Å². The molecule has 0 radical (unpaired) electrons. The average molecular weight is 217 g/mol. The molecule has 0 saturated carbocycles. The van der Waals surface area contributed by atoms with Crippen LogP contribution in [0.1, 0.15) is 24.8 Å². The lowest BCUT2D eigenvalue weighted by Gasteiger charge is -2.20. The van der Waals surface area contributed by atoms with Gasteiger partial charge in [-0.15, -0.1) is 0 Å². The number of hydrogen-bond donors (Lipinski definition) is 1. The van der Waals surface area contributed by atoms with Crippen LogP contribution in [-0.2, 0) is 11.3 Å². The minimum atomic E-state index is 0.486. The summed E-state index contributed by atoms with van der Waals surface area (Å²) < 4.78 is 5.82. The Morgan fingerprint density at radius 3 is 2.88 bits per heavy atom. The number of nitrogens with one attached hydrogen (secondary N) is 1. The molecule has 0 amide bonds. The second-order valence-corrected chi connectivity index (χ2v) is 4.19. The van der Waals surface area contributed by atoms with Gasteiger partial charge in [-0.25, -0.2) is 0 Å². The number of rotatable bonds is 4. The molecule has 1 aliphatic carbocycles. The Labute approximate surface area is 97.3 Å². The van der Waals surface area contributed by atoms with Crippen molar-refractivity contribution < 1.29 is 4.74 Å². The van der Waals surface area contributed by atoms with Gasteiger partial charge in [-0.05, 0) is 31.5 Å². The van der Waals surface area contributed by atoms with Crippen LogP contribution >= 0.6 is 0 Å². The molecule has 1 unspecified atom stereocenters. The highest BCUT2D eigenvalue weighted by Crippen LogP contribution is 2.20. The van der Waals surface area contributed by atoms with Gasteiger partial charge in [-0.2, -0.15) is 0 Å². The van der Waals surface area contributed by atoms with Crippen molar-refractivity contribution in [2.24, 2.45) is 0 Å². The molecule has 1 aromatic rings. The Hall–Kier alpha value is -1.28. The van der Waals surface area contributed by atoms with Crippen LogP contribution in [0.5, 0.6) is 0 Å². The zero-order valence-electron chi connectivity index (χ0n) is 9.78. The summed E-state index contributed by atoms with van der Waals surface area (Å²) in [5.74, 6) is 1.13. The summed E-state index contributed by atoms with van der Waals surface area (Å²) in [5, 5.41) is 3.28. The van der Waals surface area contributed by atoms with E-state index in [2.05, 4.69) is 23.5 Å². The quantitative estimate of drug-likeness (QED) is 0.837. The fraction of sp³-hybridized carbons (Fsp3) is 0.429. The monoisotopic (exact) mass is 217 g/mol. The number of likely N-dealkylation sites (N-methyl/N-ethyl adjacent to an activating group) is 1. The summed E-state index contributed by atoms with van der Waals surface area (Å²) in [7, 11) is 2.00. The van der Waals surface area contributed by atoms with E-state index in [1.807, 2.05) is 25.2 Å². The normalized spacial score (nSPS) is 20.3. The van der Waals surface area contributed by atoms with Gasteiger partial charge in [0.15, 0.2) is 0 Å². The van der Waals surface area contributed by atoms with E-state index in [9.17, 15) is 0 Å². The van der Waals surface area contributed by atoms with Gasteiger partial charge in [0.2, 0.25) is 0 Å². The van der Waals surface area contributed by atoms with Crippen LogP contribution < -0.4 is 5.32 Å². The third-order valence-electron chi connectivity index (χ3n) is 2.96. The van der Waals surface area contributed by atoms with Crippen molar-refractivity contribution in [3.8, 4) is 0 Å². The molecule has 0 saturated heterocycles. The van der Waals surface area contributed by atoms with Gasteiger partial charge in [0.25, 0.3) is 0 Å². The van der Waals surface area contributed by atoms with Crippen molar-refractivity contribution in [2.45, 2.75) is 31.9 Å². The first-order valence-corrected chi connectivity index (χ1v) is 5.93. The summed E-state index contributed by atoms with van der Waals surface area (Å²) in [6.07, 6.45) is 5.72. The van der Waals surface area contributed by atoms with Crippen LogP contribution in [0.25, 0.3) is 0 Å². The molecule has 0 aliphatic heterocycles. The van der Waals surface area contributed by atoms with E-state index in [4.69, 9.17) is 4.74 Å². The second kappa shape index (κ2) is 5.71. The topological polar surface area (TPSA) is 21.3 Å². The molecule has 86 valence electrons. The lowest BCUT2D eigenvalue weighted by molar-refractivity contribution is 0.179. The predicted molar refractivity (Wildman–Crippen MR) is 66.0 cm³/mol. The van der Waals surface area contributed by atoms with E-state index in [1.165, 1.54) is 18.4 Å². The Morgan fingerprint density at radius 1 is 1.31 bits per heavy atom. The smallest absolute Gasteiger partial charge is 0.113 e. The molecule has 1 aromatic carbocycles. The molecular formula is C14H19NO. The molecule has 1 N–H and O–H groups in total. The highest BCUT2D eigenvalue weighted by atomic mass is 16.5. The van der Waals surface area contributed by atoms with Crippen LogP contribution in [0.2, 0.25) is 0 Å². The maximum Gasteiger partial charge on any atom is 0.113 e. The number of allylic oxidation sites excluding steroid dienone is 1. The van der Waals surface area contributed by atoms with Crippen molar-refractivity contribution in [3.63, 3.8) is 0 Å². The van der Waals surface area contributed by atoms with E-state index in [0.29, 0.717) is 12.6 Å². The minimum absolute atomic E-state index is 0.486. The van der Waals surface area contributed by atoms with Crippen LogP contribution in [0.4, 0.5) is 0 Å². The van der Waals surface area contributed by atoms with Gasteiger partial charge in [0.05, 0.1) is 5.76 Å². The van der Waals surface area contributed by atoms with Crippen LogP contribution in [0.15, 0.2) is 42.2 Å². The Morgan fingerprint density at radius 2 is 2.12 bits per heavy atom. The van der Waals surface area contributed by atoms with Crippen molar-refractivity contribution in [2.75, 3.05) is 7.05 Å². The first kappa shape index (κ1) is 11.2. The number of hydrogen-bond acceptors (Lipinski definition) is 2. The molecule has 2 nitrogen and oxygen atoms in total. The standard InChI is InChI=1S/C14H19NO/c1-15-13-8-5-9-14(10-13)16-11-12-6-3-2-4-7-12/h2-4,6-7,10,13,15H,5,8-9,11H2,1H3. The van der Waals surface area contributed by atoms with Gasteiger partial charge < -0.3 is 10.1 Å². The zero-order valence-corrected chi connectivity index (χ0v) is 9.78. The first-order valence-electron chi connectivity index (χ1n) is 5.93. The van der Waals surface area contributed by atoms with Crippen molar-refractivity contribution in [1.82, 2.24) is 5.32 Å². The van der Waals surface area contributed by atoms with Gasteiger partial charge >= 0.3 is 0 Å². The predicted octanol–water partition coefficient (Wildman–Crippen LogP) is 2.86. The molecule has 0 spiro atoms. The van der Waals surface area contributed by atoms with Gasteiger partial charge in [0, 0.05) is 12.5 Å². The minimum Gasteiger partial charge on any atom is -0.494 e. The van der Waals surface area contributed by atoms with E-state index in [0.717, 1.165) is 12.2 Å². The molecule has 0 aromatic heterocycles. The lowest BCUT2D eigenvalue weighted by Crippen LogP contribution is -2.25. The third-order valence-corrected chi connectivity index (χ3v) is 2.96. The largest absolute Gasteiger partial charge is 0.494 e. The van der Waals surface area contributed by atoms with Crippen molar-refractivity contribution >= 4 is 0 Å². The molecule has 16 heavy (non-hydrogen) atoms. The Bertz CT molecular complexity index is 345. The van der Waals surface area contributed by atoms with E-state index < -0.39 is 0 Å². The molecule has 0 bridgehead atoms. The summed E-state index contributed by atoms with van der Waals surface area (Å²) in [4.78, 5) is 0. The lowest BCUT2D eigenvalue weighted by atomic mass is 10.0. The summed E-state index contributed by atoms with van der Waals surface area (Å²) >= 11 is 0. The first-order chi connectivity index (χ1) is 7.88. The van der Waals surface area contributed by atoms with Gasteiger partial charge in [-0.1, -0.05) is 30.3 Å². The maximum atomic E-state index is 5.82. The molecule has 2 heteroatoms. The number of ether oxygens (including phenoxy) is 1. The van der Waals surface area contributed by atoms with Crippen molar-refractivity contribution in [1.29, 1.82) is 0 Å². The number of benzene rings is 1. The molecule has 0 fully saturated rings. The van der Waals surface area contributed by atoms with Gasteiger partial charge in [-0.3, -0.25) is 0 Å². The molecular weight excluding hydrogens is 198 g/mol. The maximum absolute atomic E-state index is 5.82. The average Bonchev–Trinajstić information content (AvgIpc) is 2.38. The summed E-state index contributed by atoms with van der Waals surface area (Å²) in [6.45, 7) is 0.684. The molecule has 1 atom stereocenters. The summed E-state index contributed by atoms with van der Waals surface area (Å²) in [5.41, 5.74) is 1.23. The van der Waals surface area contributed by atoms with Gasteiger partial charge in [0.1, 0.15) is 6.61 Å². The second-order valence-electron chi connectivity index (χ2n) is 4.19. The van der Waals surface area contributed by atoms with E-state index in [1.54, 1.807) is 0 Å².